The second-order valence-electron chi connectivity index (χ2n) is 5.20. The summed E-state index contributed by atoms with van der Waals surface area (Å²) in [6.45, 7) is 1.27. The maximum absolute atomic E-state index is 11.2. The van der Waals surface area contributed by atoms with Gasteiger partial charge in [0.1, 0.15) is 0 Å². The minimum atomic E-state index is -1.32. The molecule has 2 aromatic carbocycles. The Labute approximate surface area is 160 Å². The van der Waals surface area contributed by atoms with Crippen molar-refractivity contribution in [1.82, 2.24) is 0 Å². The SMILES string of the molecule is COc1cc(/C=N\Nc2cc(C(=O)[O-])ccc2Cl)cc(OC)c1OC(C)=O. The van der Waals surface area contributed by atoms with Gasteiger partial charge in [-0.1, -0.05) is 17.7 Å². The van der Waals surface area contributed by atoms with Crippen molar-refractivity contribution < 1.29 is 28.9 Å². The molecule has 0 saturated heterocycles. The predicted octanol–water partition coefficient (Wildman–Crippen LogP) is 2.09. The average Bonchev–Trinajstić information content (AvgIpc) is 2.63. The molecule has 2 rings (SSSR count). The van der Waals surface area contributed by atoms with Crippen LogP contribution in [-0.2, 0) is 4.79 Å². The van der Waals surface area contributed by atoms with Crippen molar-refractivity contribution in [3.63, 3.8) is 0 Å². The number of anilines is 1. The first-order valence-electron chi connectivity index (χ1n) is 7.60. The van der Waals surface area contributed by atoms with Gasteiger partial charge in [0.2, 0.25) is 5.75 Å². The third-order valence-corrected chi connectivity index (χ3v) is 3.66. The maximum Gasteiger partial charge on any atom is 0.308 e. The molecule has 0 amide bonds. The molecule has 9 heteroatoms. The number of methoxy groups -OCH3 is 2. The van der Waals surface area contributed by atoms with Crippen LogP contribution in [0.4, 0.5) is 5.69 Å². The Balaban J connectivity index is 2.28. The number of halogens is 1. The monoisotopic (exact) mass is 391 g/mol. The lowest BCUT2D eigenvalue weighted by Gasteiger charge is -2.13. The summed E-state index contributed by atoms with van der Waals surface area (Å²) in [7, 11) is 2.85. The molecule has 0 bridgehead atoms. The second kappa shape index (κ2) is 8.91. The summed E-state index contributed by atoms with van der Waals surface area (Å²) in [5.74, 6) is -1.13. The van der Waals surface area contributed by atoms with Crippen LogP contribution >= 0.6 is 11.6 Å². The van der Waals surface area contributed by atoms with Gasteiger partial charge in [0.15, 0.2) is 11.5 Å². The fourth-order valence-electron chi connectivity index (χ4n) is 2.13. The van der Waals surface area contributed by atoms with Crippen molar-refractivity contribution in [1.29, 1.82) is 0 Å². The molecule has 0 saturated carbocycles. The van der Waals surface area contributed by atoms with E-state index in [4.69, 9.17) is 25.8 Å². The fourth-order valence-corrected chi connectivity index (χ4v) is 2.29. The van der Waals surface area contributed by atoms with Crippen LogP contribution in [0.25, 0.3) is 0 Å². The van der Waals surface area contributed by atoms with E-state index in [2.05, 4.69) is 10.5 Å². The van der Waals surface area contributed by atoms with Gasteiger partial charge in [-0.2, -0.15) is 5.10 Å². The van der Waals surface area contributed by atoms with E-state index in [1.807, 2.05) is 0 Å². The van der Waals surface area contributed by atoms with Gasteiger partial charge in [-0.3, -0.25) is 10.2 Å². The standard InChI is InChI=1S/C18H17ClN2O6/c1-10(22)27-17-15(25-2)6-11(7-16(17)26-3)9-20-21-14-8-12(18(23)24)4-5-13(14)19/h4-9,21H,1-3H3,(H,23,24)/p-1/b20-9-. The lowest BCUT2D eigenvalue weighted by atomic mass is 10.2. The number of benzene rings is 2. The molecule has 142 valence electrons. The van der Waals surface area contributed by atoms with Crippen molar-refractivity contribution in [3.05, 3.63) is 46.5 Å². The van der Waals surface area contributed by atoms with E-state index in [1.165, 1.54) is 45.6 Å². The molecular formula is C18H16ClN2O6-. The zero-order chi connectivity index (χ0) is 20.0. The topological polar surface area (TPSA) is 109 Å². The number of carboxylic acids is 1. The van der Waals surface area contributed by atoms with Gasteiger partial charge >= 0.3 is 5.97 Å². The van der Waals surface area contributed by atoms with Crippen LogP contribution in [0, 0.1) is 0 Å². The molecule has 0 fully saturated rings. The van der Waals surface area contributed by atoms with Crippen LogP contribution in [0.5, 0.6) is 17.2 Å². The number of rotatable bonds is 7. The summed E-state index contributed by atoms with van der Waals surface area (Å²) < 4.78 is 15.6. The largest absolute Gasteiger partial charge is 0.545 e. The quantitative estimate of drug-likeness (QED) is 0.333. The van der Waals surface area contributed by atoms with Crippen LogP contribution in [-0.4, -0.2) is 32.4 Å². The van der Waals surface area contributed by atoms with E-state index in [9.17, 15) is 14.7 Å². The Morgan fingerprint density at radius 2 is 1.78 bits per heavy atom. The molecule has 27 heavy (non-hydrogen) atoms. The molecule has 0 atom stereocenters. The molecule has 0 aliphatic heterocycles. The second-order valence-corrected chi connectivity index (χ2v) is 5.61. The first-order chi connectivity index (χ1) is 12.8. The zero-order valence-electron chi connectivity index (χ0n) is 14.7. The molecule has 1 N–H and O–H groups in total. The third-order valence-electron chi connectivity index (χ3n) is 3.33. The van der Waals surface area contributed by atoms with Crippen LogP contribution in [0.3, 0.4) is 0 Å². The molecule has 0 aliphatic carbocycles. The van der Waals surface area contributed by atoms with E-state index in [0.717, 1.165) is 0 Å². The minimum Gasteiger partial charge on any atom is -0.545 e. The lowest BCUT2D eigenvalue weighted by molar-refractivity contribution is -0.255. The van der Waals surface area contributed by atoms with Gasteiger partial charge in [-0.15, -0.1) is 0 Å². The molecular weight excluding hydrogens is 376 g/mol. The normalized spacial score (nSPS) is 10.5. The van der Waals surface area contributed by atoms with Crippen molar-refractivity contribution >= 4 is 35.4 Å². The smallest absolute Gasteiger partial charge is 0.308 e. The highest BCUT2D eigenvalue weighted by Crippen LogP contribution is 2.38. The number of esters is 1. The summed E-state index contributed by atoms with van der Waals surface area (Å²) in [6, 6.07) is 7.23. The number of hydrogen-bond acceptors (Lipinski definition) is 8. The van der Waals surface area contributed by atoms with Crippen LogP contribution in [0.15, 0.2) is 35.4 Å². The van der Waals surface area contributed by atoms with Gasteiger partial charge in [0.05, 0.1) is 37.1 Å². The minimum absolute atomic E-state index is 0.0360. The number of carbonyl (C=O) groups is 2. The van der Waals surface area contributed by atoms with Crippen molar-refractivity contribution in [2.45, 2.75) is 6.92 Å². The van der Waals surface area contributed by atoms with E-state index in [-0.39, 0.29) is 27.8 Å². The maximum atomic E-state index is 11.2. The Morgan fingerprint density at radius 1 is 1.15 bits per heavy atom. The molecule has 2 aromatic rings. The molecule has 0 spiro atoms. The van der Waals surface area contributed by atoms with E-state index >= 15 is 0 Å². The Kier molecular flexibility index (Phi) is 6.62. The first-order valence-corrected chi connectivity index (χ1v) is 7.98. The summed E-state index contributed by atoms with van der Waals surface area (Å²) in [4.78, 5) is 22.2. The highest BCUT2D eigenvalue weighted by atomic mass is 35.5. The number of aromatic carboxylic acids is 1. The Morgan fingerprint density at radius 3 is 2.30 bits per heavy atom. The average molecular weight is 392 g/mol. The number of hydrogen-bond donors (Lipinski definition) is 1. The highest BCUT2D eigenvalue weighted by Gasteiger charge is 2.15. The fraction of sp³-hybridized carbons (Fsp3) is 0.167. The van der Waals surface area contributed by atoms with Crippen molar-refractivity contribution in [3.8, 4) is 17.2 Å². The summed E-state index contributed by atoms with van der Waals surface area (Å²) >= 11 is 6.01. The van der Waals surface area contributed by atoms with Gasteiger partial charge < -0.3 is 24.1 Å². The number of ether oxygens (including phenoxy) is 3. The number of carbonyl (C=O) groups excluding carboxylic acids is 2. The van der Waals surface area contributed by atoms with E-state index in [0.29, 0.717) is 11.3 Å². The van der Waals surface area contributed by atoms with E-state index < -0.39 is 11.9 Å². The first kappa shape index (κ1) is 20.1. The molecule has 0 aromatic heterocycles. The zero-order valence-corrected chi connectivity index (χ0v) is 15.5. The highest BCUT2D eigenvalue weighted by molar-refractivity contribution is 6.33. The number of carboxylic acid groups (broad SMARTS) is 1. The number of nitrogens with one attached hydrogen (secondary N) is 1. The third kappa shape index (κ3) is 5.11. The molecule has 0 aliphatic rings. The van der Waals surface area contributed by atoms with Gasteiger partial charge in [0, 0.05) is 12.5 Å². The summed E-state index contributed by atoms with van der Waals surface area (Å²) in [5, 5.41) is 15.2. The molecule has 0 heterocycles. The van der Waals surface area contributed by atoms with Gasteiger partial charge in [0.25, 0.3) is 0 Å². The molecule has 0 radical (unpaired) electrons. The lowest BCUT2D eigenvalue weighted by Crippen LogP contribution is -2.22. The van der Waals surface area contributed by atoms with Crippen LogP contribution in [0.2, 0.25) is 5.02 Å². The number of hydrazone groups is 1. The number of nitrogens with zero attached hydrogens (tertiary/aromatic N) is 1. The Hall–Kier alpha value is -3.26. The summed E-state index contributed by atoms with van der Waals surface area (Å²) in [5.41, 5.74) is 3.49. The van der Waals surface area contributed by atoms with Gasteiger partial charge in [-0.25, -0.2) is 0 Å². The van der Waals surface area contributed by atoms with Crippen molar-refractivity contribution in [2.75, 3.05) is 19.6 Å². The van der Waals surface area contributed by atoms with Crippen molar-refractivity contribution in [2.24, 2.45) is 5.10 Å². The molecule has 0 unspecified atom stereocenters. The van der Waals surface area contributed by atoms with Crippen LogP contribution in [0.1, 0.15) is 22.8 Å². The predicted molar refractivity (Wildman–Crippen MR) is 97.9 cm³/mol. The molecule has 8 nitrogen and oxygen atoms in total. The Bertz CT molecular complexity index is 872. The van der Waals surface area contributed by atoms with E-state index in [1.54, 1.807) is 12.1 Å². The van der Waals surface area contributed by atoms with Crippen LogP contribution < -0.4 is 24.7 Å². The summed E-state index contributed by atoms with van der Waals surface area (Å²) in [6.07, 6.45) is 1.44. The van der Waals surface area contributed by atoms with Gasteiger partial charge in [-0.05, 0) is 29.8 Å².